The zero-order valence-electron chi connectivity index (χ0n) is 18.9. The average Bonchev–Trinajstić information content (AvgIpc) is 3.19. The number of fused-ring (bicyclic) bond motifs is 1. The van der Waals surface area contributed by atoms with E-state index in [1.807, 2.05) is 38.1 Å². The molecule has 0 saturated carbocycles. The monoisotopic (exact) mass is 531 g/mol. The number of nitrogens with zero attached hydrogens (tertiary/aromatic N) is 3. The molecule has 33 heavy (non-hydrogen) atoms. The van der Waals surface area contributed by atoms with E-state index in [9.17, 15) is 13.2 Å². The fourth-order valence-corrected chi connectivity index (χ4v) is 5.57. The number of rotatable bonds is 9. The Hall–Kier alpha value is -1.91. The molecular weight excluding hydrogens is 505 g/mol. The Morgan fingerprint density at radius 2 is 1.79 bits per heavy atom. The highest BCUT2D eigenvalue weighted by atomic mass is 35.5. The number of hydrogen-bond donors (Lipinski definition) is 0. The molecule has 1 aromatic heterocycles. The topological polar surface area (TPSA) is 79.8 Å². The van der Waals surface area contributed by atoms with Crippen molar-refractivity contribution in [3.8, 4) is 5.75 Å². The lowest BCUT2D eigenvalue weighted by Crippen LogP contribution is -2.37. The highest BCUT2D eigenvalue weighted by molar-refractivity contribution is 7.91. The minimum absolute atomic E-state index is 0. The number of benzene rings is 2. The van der Waals surface area contributed by atoms with Gasteiger partial charge in [0.2, 0.25) is 5.91 Å². The third-order valence-corrected chi connectivity index (χ3v) is 8.17. The Morgan fingerprint density at radius 1 is 1.12 bits per heavy atom. The maximum absolute atomic E-state index is 13.2. The molecule has 0 radical (unpaired) electrons. The van der Waals surface area contributed by atoms with Gasteiger partial charge >= 0.3 is 0 Å². The highest BCUT2D eigenvalue weighted by Crippen LogP contribution is 2.36. The van der Waals surface area contributed by atoms with E-state index in [0.717, 1.165) is 10.3 Å². The van der Waals surface area contributed by atoms with Crippen molar-refractivity contribution in [2.45, 2.75) is 18.2 Å². The molecule has 2 aromatic carbocycles. The number of amides is 1. The van der Waals surface area contributed by atoms with Gasteiger partial charge in [0, 0.05) is 24.5 Å². The summed E-state index contributed by atoms with van der Waals surface area (Å²) in [7, 11) is 1.80. The summed E-state index contributed by atoms with van der Waals surface area (Å²) in [6.07, 6.45) is -0.148. The van der Waals surface area contributed by atoms with Crippen LogP contribution in [-0.2, 0) is 14.6 Å². The minimum atomic E-state index is -3.61. The molecule has 0 N–H and O–H groups in total. The van der Waals surface area contributed by atoms with Crippen LogP contribution in [-0.4, -0.2) is 64.3 Å². The minimum Gasteiger partial charge on any atom is -0.494 e. The van der Waals surface area contributed by atoms with E-state index in [2.05, 4.69) is 4.98 Å². The molecule has 7 nitrogen and oxygen atoms in total. The first-order valence-electron chi connectivity index (χ1n) is 10.00. The van der Waals surface area contributed by atoms with Crippen molar-refractivity contribution in [1.29, 1.82) is 0 Å². The quantitative estimate of drug-likeness (QED) is 0.405. The predicted molar refractivity (Wildman–Crippen MR) is 137 cm³/mol. The lowest BCUT2D eigenvalue weighted by molar-refractivity contribution is -0.118. The Balaban J connectivity index is 0.00000385. The van der Waals surface area contributed by atoms with E-state index in [4.69, 9.17) is 16.3 Å². The van der Waals surface area contributed by atoms with Crippen molar-refractivity contribution in [1.82, 2.24) is 9.88 Å². The number of likely N-dealkylation sites (N-methyl/N-ethyl adjacent to an activating group) is 1. The number of halogens is 2. The number of anilines is 1. The number of sulfone groups is 1. The lowest BCUT2D eigenvalue weighted by Gasteiger charge is -2.22. The first kappa shape index (κ1) is 27.3. The Bertz CT molecular complexity index is 1210. The molecule has 0 aliphatic heterocycles. The first-order chi connectivity index (χ1) is 15.1. The summed E-state index contributed by atoms with van der Waals surface area (Å²) in [6.45, 7) is 2.99. The smallest absolute Gasteiger partial charge is 0.229 e. The molecule has 1 amide bonds. The molecule has 0 aliphatic rings. The van der Waals surface area contributed by atoms with Crippen molar-refractivity contribution >= 4 is 66.4 Å². The van der Waals surface area contributed by atoms with Crippen LogP contribution in [0.4, 0.5) is 5.13 Å². The van der Waals surface area contributed by atoms with Gasteiger partial charge in [0.1, 0.15) is 11.3 Å². The second kappa shape index (κ2) is 11.5. The number of carbonyl (C=O) groups excluding carboxylic acids is 1. The van der Waals surface area contributed by atoms with Crippen molar-refractivity contribution in [3.05, 3.63) is 47.0 Å². The van der Waals surface area contributed by atoms with Crippen LogP contribution in [0.2, 0.25) is 5.02 Å². The maximum Gasteiger partial charge on any atom is 0.229 e. The summed E-state index contributed by atoms with van der Waals surface area (Å²) >= 11 is 7.26. The molecule has 11 heteroatoms. The molecule has 3 aromatic rings. The third kappa shape index (κ3) is 6.58. The Labute approximate surface area is 209 Å². The molecule has 3 rings (SSSR count). The Kier molecular flexibility index (Phi) is 9.51. The van der Waals surface area contributed by atoms with E-state index >= 15 is 0 Å². The van der Waals surface area contributed by atoms with Crippen LogP contribution in [0, 0.1) is 6.92 Å². The summed E-state index contributed by atoms with van der Waals surface area (Å²) < 4.78 is 31.7. The van der Waals surface area contributed by atoms with E-state index < -0.39 is 9.84 Å². The van der Waals surface area contributed by atoms with Gasteiger partial charge in [-0.15, -0.1) is 12.4 Å². The van der Waals surface area contributed by atoms with Gasteiger partial charge in [-0.1, -0.05) is 29.0 Å². The van der Waals surface area contributed by atoms with Crippen LogP contribution in [0.25, 0.3) is 10.2 Å². The Morgan fingerprint density at radius 3 is 2.39 bits per heavy atom. The van der Waals surface area contributed by atoms with Gasteiger partial charge in [0.25, 0.3) is 0 Å². The zero-order chi connectivity index (χ0) is 23.5. The van der Waals surface area contributed by atoms with Gasteiger partial charge in [0.05, 0.1) is 22.5 Å². The van der Waals surface area contributed by atoms with Crippen LogP contribution in [0.5, 0.6) is 5.75 Å². The predicted octanol–water partition coefficient (Wildman–Crippen LogP) is 4.45. The molecule has 0 atom stereocenters. The second-order valence-electron chi connectivity index (χ2n) is 7.63. The third-order valence-electron chi connectivity index (χ3n) is 4.97. The standard InChI is InChI=1S/C22H26ClN3O4S2.ClH/c1-15-5-10-18(30-4)20-21(15)31-22(24-20)26(13-12-25(2)3)19(27)11-14-32(28,29)17-8-6-16(23)7-9-17;/h5-10H,11-14H2,1-4H3;1H. The highest BCUT2D eigenvalue weighted by Gasteiger charge is 2.24. The molecule has 0 aliphatic carbocycles. The average molecular weight is 533 g/mol. The summed E-state index contributed by atoms with van der Waals surface area (Å²) in [5, 5.41) is 0.986. The number of methoxy groups -OCH3 is 1. The number of carbonyl (C=O) groups is 1. The van der Waals surface area contributed by atoms with Gasteiger partial charge in [-0.3, -0.25) is 9.69 Å². The number of hydrogen-bond acceptors (Lipinski definition) is 7. The molecule has 0 fully saturated rings. The number of aromatic nitrogens is 1. The zero-order valence-corrected chi connectivity index (χ0v) is 22.1. The van der Waals surface area contributed by atoms with Crippen LogP contribution in [0.1, 0.15) is 12.0 Å². The van der Waals surface area contributed by atoms with Crippen molar-refractivity contribution in [2.24, 2.45) is 0 Å². The van der Waals surface area contributed by atoms with Gasteiger partial charge in [0.15, 0.2) is 15.0 Å². The normalized spacial score (nSPS) is 11.5. The van der Waals surface area contributed by atoms with Crippen molar-refractivity contribution in [3.63, 3.8) is 0 Å². The largest absolute Gasteiger partial charge is 0.494 e. The fourth-order valence-electron chi connectivity index (χ4n) is 3.12. The van der Waals surface area contributed by atoms with Gasteiger partial charge in [-0.05, 0) is 56.9 Å². The van der Waals surface area contributed by atoms with Crippen LogP contribution < -0.4 is 9.64 Å². The van der Waals surface area contributed by atoms with E-state index in [0.29, 0.717) is 34.5 Å². The fraction of sp³-hybridized carbons (Fsp3) is 0.364. The van der Waals surface area contributed by atoms with Gasteiger partial charge in [-0.25, -0.2) is 13.4 Å². The van der Waals surface area contributed by atoms with Crippen LogP contribution in [0.3, 0.4) is 0 Å². The molecule has 0 unspecified atom stereocenters. The van der Waals surface area contributed by atoms with E-state index in [-0.39, 0.29) is 35.4 Å². The number of thiazole rings is 1. The summed E-state index contributed by atoms with van der Waals surface area (Å²) in [5.74, 6) is 0.0533. The lowest BCUT2D eigenvalue weighted by atomic mass is 10.2. The number of ether oxygens (including phenoxy) is 1. The molecule has 0 spiro atoms. The van der Waals surface area contributed by atoms with Gasteiger partial charge in [-0.2, -0.15) is 0 Å². The van der Waals surface area contributed by atoms with Crippen LogP contribution in [0.15, 0.2) is 41.3 Å². The van der Waals surface area contributed by atoms with E-state index in [1.54, 1.807) is 12.0 Å². The molecule has 180 valence electrons. The summed E-state index contributed by atoms with van der Waals surface area (Å²) in [6, 6.07) is 9.76. The van der Waals surface area contributed by atoms with Crippen LogP contribution >= 0.6 is 35.3 Å². The van der Waals surface area contributed by atoms with Crippen molar-refractivity contribution < 1.29 is 17.9 Å². The SMILES string of the molecule is COc1ccc(C)c2sc(N(CCN(C)C)C(=O)CCS(=O)(=O)c3ccc(Cl)cc3)nc12.Cl. The first-order valence-corrected chi connectivity index (χ1v) is 12.8. The van der Waals surface area contributed by atoms with E-state index in [1.165, 1.54) is 35.6 Å². The molecule has 0 bridgehead atoms. The summed E-state index contributed by atoms with van der Waals surface area (Å²) in [5.41, 5.74) is 1.74. The van der Waals surface area contributed by atoms with Crippen molar-refractivity contribution in [2.75, 3.05) is 44.9 Å². The molecule has 1 heterocycles. The second-order valence-corrected chi connectivity index (χ2v) is 11.2. The summed E-state index contributed by atoms with van der Waals surface area (Å²) in [4.78, 5) is 21.5. The molecular formula is C22H27Cl2N3O4S2. The van der Waals surface area contributed by atoms with Gasteiger partial charge < -0.3 is 9.64 Å². The molecule has 0 saturated heterocycles. The number of aryl methyl sites for hydroxylation is 1. The maximum atomic E-state index is 13.2.